The van der Waals surface area contributed by atoms with Crippen molar-refractivity contribution in [1.29, 1.82) is 0 Å². The molecule has 0 amide bonds. The van der Waals surface area contributed by atoms with Crippen LogP contribution in [0.25, 0.3) is 11.2 Å². The molecule has 0 unspecified atom stereocenters. The molecule has 3 heterocycles. The number of rotatable bonds is 9. The highest BCUT2D eigenvalue weighted by molar-refractivity contribution is 7.89. The lowest BCUT2D eigenvalue weighted by atomic mass is 10.1. The normalized spacial score (nSPS) is 15.3. The molecule has 2 aromatic heterocycles. The number of benzene rings is 1. The van der Waals surface area contributed by atoms with Crippen molar-refractivity contribution in [3.63, 3.8) is 0 Å². The lowest BCUT2D eigenvalue weighted by Gasteiger charge is -2.26. The molecule has 1 aromatic carbocycles. The van der Waals surface area contributed by atoms with Gasteiger partial charge < -0.3 is 9.30 Å². The molecule has 11 nitrogen and oxygen atoms in total. The maximum absolute atomic E-state index is 12.4. The first kappa shape index (κ1) is 23.4. The molecule has 33 heavy (non-hydrogen) atoms. The van der Waals surface area contributed by atoms with E-state index < -0.39 is 21.3 Å². The molecule has 3 aromatic rings. The molecule has 12 heteroatoms. The molecule has 178 valence electrons. The summed E-state index contributed by atoms with van der Waals surface area (Å²) in [5, 5.41) is 0. The number of nitrogens with one attached hydrogen (secondary N) is 2. The summed E-state index contributed by atoms with van der Waals surface area (Å²) in [7, 11) is -3.39. The molecule has 1 saturated heterocycles. The van der Waals surface area contributed by atoms with Crippen LogP contribution >= 0.6 is 0 Å². The standard InChI is InChI=1S/C21H28N6O5S/c1-2-26-15-22-19-18(26)20(28)24-21(29)27(19)14-17-5-3-16(4-6-17)13-23-33(30,31)12-9-25-7-10-32-11-8-25/h3-6,15,23H,2,7-14H2,1H3,(H,24,28,29). The topological polar surface area (TPSA) is 131 Å². The van der Waals surface area contributed by atoms with Crippen molar-refractivity contribution in [3.8, 4) is 0 Å². The van der Waals surface area contributed by atoms with E-state index in [4.69, 9.17) is 4.74 Å². The summed E-state index contributed by atoms with van der Waals surface area (Å²) >= 11 is 0. The Hall–Kier alpha value is -2.80. The Morgan fingerprint density at radius 3 is 2.52 bits per heavy atom. The minimum absolute atomic E-state index is 0.0423. The number of sulfonamides is 1. The van der Waals surface area contributed by atoms with Crippen LogP contribution in [0.2, 0.25) is 0 Å². The van der Waals surface area contributed by atoms with Crippen LogP contribution in [-0.2, 0) is 34.4 Å². The number of hydrogen-bond acceptors (Lipinski definition) is 7. The Morgan fingerprint density at radius 1 is 1.12 bits per heavy atom. The van der Waals surface area contributed by atoms with Gasteiger partial charge in [0.25, 0.3) is 5.56 Å². The van der Waals surface area contributed by atoms with Gasteiger partial charge in [0.2, 0.25) is 10.0 Å². The minimum atomic E-state index is -3.39. The number of imidazole rings is 1. The number of aryl methyl sites for hydroxylation is 1. The van der Waals surface area contributed by atoms with Crippen LogP contribution in [0.3, 0.4) is 0 Å². The van der Waals surface area contributed by atoms with Gasteiger partial charge in [-0.15, -0.1) is 0 Å². The van der Waals surface area contributed by atoms with Gasteiger partial charge in [-0.1, -0.05) is 24.3 Å². The van der Waals surface area contributed by atoms with E-state index in [9.17, 15) is 18.0 Å². The molecule has 1 aliphatic heterocycles. The van der Waals surface area contributed by atoms with Crippen LogP contribution in [0.5, 0.6) is 0 Å². The molecule has 0 radical (unpaired) electrons. The Labute approximate surface area is 191 Å². The first-order chi connectivity index (χ1) is 15.9. The monoisotopic (exact) mass is 476 g/mol. The van der Waals surface area contributed by atoms with E-state index >= 15 is 0 Å². The lowest BCUT2D eigenvalue weighted by molar-refractivity contribution is 0.0408. The third-order valence-electron chi connectivity index (χ3n) is 5.74. The smallest absolute Gasteiger partial charge is 0.330 e. The van der Waals surface area contributed by atoms with E-state index in [2.05, 4.69) is 19.6 Å². The highest BCUT2D eigenvalue weighted by Gasteiger charge is 2.16. The lowest BCUT2D eigenvalue weighted by Crippen LogP contribution is -2.40. The van der Waals surface area contributed by atoms with Crippen molar-refractivity contribution in [3.05, 3.63) is 62.6 Å². The quantitative estimate of drug-likeness (QED) is 0.434. The summed E-state index contributed by atoms with van der Waals surface area (Å²) < 4.78 is 35.7. The molecule has 4 rings (SSSR count). The van der Waals surface area contributed by atoms with Crippen molar-refractivity contribution in [1.82, 2.24) is 28.7 Å². The summed E-state index contributed by atoms with van der Waals surface area (Å²) in [5.74, 6) is 0.0423. The fourth-order valence-electron chi connectivity index (χ4n) is 3.79. The molecule has 1 aliphatic rings. The summed E-state index contributed by atoms with van der Waals surface area (Å²) in [5.41, 5.74) is 1.36. The van der Waals surface area contributed by atoms with Gasteiger partial charge in [-0.25, -0.2) is 22.9 Å². The zero-order chi connectivity index (χ0) is 23.4. The molecule has 0 saturated carbocycles. The van der Waals surface area contributed by atoms with Gasteiger partial charge in [-0.3, -0.25) is 19.2 Å². The van der Waals surface area contributed by atoms with Crippen LogP contribution in [0, 0.1) is 0 Å². The summed E-state index contributed by atoms with van der Waals surface area (Å²) in [4.78, 5) is 33.2. The molecule has 0 spiro atoms. The fourth-order valence-corrected chi connectivity index (χ4v) is 4.82. The first-order valence-electron chi connectivity index (χ1n) is 10.9. The van der Waals surface area contributed by atoms with Gasteiger partial charge in [0, 0.05) is 32.7 Å². The number of morpholine rings is 1. The van der Waals surface area contributed by atoms with Crippen LogP contribution in [0.15, 0.2) is 40.2 Å². The predicted octanol–water partition coefficient (Wildman–Crippen LogP) is -0.294. The van der Waals surface area contributed by atoms with Gasteiger partial charge in [0.15, 0.2) is 11.2 Å². The number of fused-ring (bicyclic) bond motifs is 1. The maximum atomic E-state index is 12.4. The Morgan fingerprint density at radius 2 is 1.82 bits per heavy atom. The highest BCUT2D eigenvalue weighted by Crippen LogP contribution is 2.10. The molecular weight excluding hydrogens is 448 g/mol. The van der Waals surface area contributed by atoms with Crippen LogP contribution < -0.4 is 16.0 Å². The molecule has 0 atom stereocenters. The van der Waals surface area contributed by atoms with Gasteiger partial charge in [-0.2, -0.15) is 0 Å². The van der Waals surface area contributed by atoms with Crippen molar-refractivity contribution in [2.24, 2.45) is 0 Å². The number of aromatic nitrogens is 4. The van der Waals surface area contributed by atoms with E-state index in [0.717, 1.165) is 24.2 Å². The van der Waals surface area contributed by atoms with E-state index in [1.165, 1.54) is 4.57 Å². The first-order valence-corrected chi connectivity index (χ1v) is 12.5. The average Bonchev–Trinajstić information content (AvgIpc) is 3.25. The minimum Gasteiger partial charge on any atom is -0.379 e. The number of ether oxygens (including phenoxy) is 1. The van der Waals surface area contributed by atoms with E-state index in [1.807, 2.05) is 31.2 Å². The van der Waals surface area contributed by atoms with E-state index in [0.29, 0.717) is 37.5 Å². The molecular formula is C21H28N6O5S. The number of nitrogens with zero attached hydrogens (tertiary/aromatic N) is 4. The van der Waals surface area contributed by atoms with E-state index in [-0.39, 0.29) is 18.8 Å². The summed E-state index contributed by atoms with van der Waals surface area (Å²) in [6, 6.07) is 7.30. The second kappa shape index (κ2) is 10.00. The van der Waals surface area contributed by atoms with Crippen LogP contribution in [0.1, 0.15) is 18.1 Å². The van der Waals surface area contributed by atoms with Gasteiger partial charge in [0.1, 0.15) is 0 Å². The molecule has 2 N–H and O–H groups in total. The zero-order valence-electron chi connectivity index (χ0n) is 18.5. The van der Waals surface area contributed by atoms with E-state index in [1.54, 1.807) is 10.9 Å². The number of aromatic amines is 1. The van der Waals surface area contributed by atoms with Crippen molar-refractivity contribution < 1.29 is 13.2 Å². The maximum Gasteiger partial charge on any atom is 0.330 e. The molecule has 1 fully saturated rings. The van der Waals surface area contributed by atoms with Gasteiger partial charge in [-0.05, 0) is 18.1 Å². The van der Waals surface area contributed by atoms with Gasteiger partial charge in [0.05, 0.1) is 31.8 Å². The third-order valence-corrected chi connectivity index (χ3v) is 7.04. The number of hydrogen-bond donors (Lipinski definition) is 2. The number of H-pyrrole nitrogens is 1. The largest absolute Gasteiger partial charge is 0.379 e. The van der Waals surface area contributed by atoms with Crippen LogP contribution in [-0.4, -0.2) is 71.0 Å². The zero-order valence-corrected chi connectivity index (χ0v) is 19.3. The summed E-state index contributed by atoms with van der Waals surface area (Å²) in [6.07, 6.45) is 1.55. The third kappa shape index (κ3) is 5.58. The van der Waals surface area contributed by atoms with Crippen LogP contribution in [0.4, 0.5) is 0 Å². The predicted molar refractivity (Wildman–Crippen MR) is 124 cm³/mol. The summed E-state index contributed by atoms with van der Waals surface area (Å²) in [6.45, 7) is 6.14. The van der Waals surface area contributed by atoms with Crippen molar-refractivity contribution >= 4 is 21.2 Å². The van der Waals surface area contributed by atoms with Gasteiger partial charge >= 0.3 is 5.69 Å². The van der Waals surface area contributed by atoms with Crippen molar-refractivity contribution in [2.45, 2.75) is 26.6 Å². The second-order valence-electron chi connectivity index (χ2n) is 7.96. The Bertz CT molecular complexity index is 1320. The SMILES string of the molecule is CCn1cnc2c1c(=O)[nH]c(=O)n2Cc1ccc(CNS(=O)(=O)CCN2CCOCC2)cc1. The molecule has 0 aliphatic carbocycles. The fraction of sp³-hybridized carbons (Fsp3) is 0.476. The average molecular weight is 477 g/mol. The molecule has 0 bridgehead atoms. The Balaban J connectivity index is 1.39. The Kier molecular flexibility index (Phi) is 7.08. The highest BCUT2D eigenvalue weighted by atomic mass is 32.2. The van der Waals surface area contributed by atoms with Crippen molar-refractivity contribution in [2.75, 3.05) is 38.6 Å². The second-order valence-corrected chi connectivity index (χ2v) is 9.89.